The fourth-order valence-electron chi connectivity index (χ4n) is 3.30. The molecule has 2 unspecified atom stereocenters. The maximum Gasteiger partial charge on any atom is 0.124 e. The highest BCUT2D eigenvalue weighted by Crippen LogP contribution is 2.45. The van der Waals surface area contributed by atoms with E-state index in [4.69, 9.17) is 14.2 Å². The summed E-state index contributed by atoms with van der Waals surface area (Å²) in [6, 6.07) is 16.2. The molecule has 2 rings (SSSR count). The molecule has 2 aromatic rings. The van der Waals surface area contributed by atoms with Crippen LogP contribution >= 0.6 is 0 Å². The van der Waals surface area contributed by atoms with E-state index in [0.717, 1.165) is 35.5 Å². The summed E-state index contributed by atoms with van der Waals surface area (Å²) in [6.07, 6.45) is 1.66. The maximum atomic E-state index is 6.82. The molecule has 0 aliphatic heterocycles. The Balaban J connectivity index is 2.50. The molecule has 0 spiro atoms. The molecule has 0 aliphatic rings. The summed E-state index contributed by atoms with van der Waals surface area (Å²) in [7, 11) is 3.41. The van der Waals surface area contributed by atoms with Crippen LogP contribution in [0.1, 0.15) is 51.7 Å². The Hall–Kier alpha value is -2.00. The van der Waals surface area contributed by atoms with Gasteiger partial charge in [0.05, 0.1) is 25.4 Å². The fourth-order valence-corrected chi connectivity index (χ4v) is 3.30. The van der Waals surface area contributed by atoms with Crippen LogP contribution in [0.5, 0.6) is 11.5 Å². The van der Waals surface area contributed by atoms with E-state index >= 15 is 0 Å². The van der Waals surface area contributed by atoms with E-state index in [9.17, 15) is 0 Å². The third-order valence-corrected chi connectivity index (χ3v) is 5.15. The minimum Gasteiger partial charge on any atom is -0.496 e. The van der Waals surface area contributed by atoms with Gasteiger partial charge in [-0.3, -0.25) is 0 Å². The lowest BCUT2D eigenvalue weighted by Crippen LogP contribution is -2.37. The van der Waals surface area contributed by atoms with Crippen molar-refractivity contribution in [2.45, 2.75) is 51.7 Å². The number of rotatable bonds is 8. The molecule has 3 nitrogen and oxygen atoms in total. The van der Waals surface area contributed by atoms with Crippen LogP contribution in [-0.2, 0) is 15.9 Å². The summed E-state index contributed by atoms with van der Waals surface area (Å²) >= 11 is 0. The van der Waals surface area contributed by atoms with Crippen molar-refractivity contribution in [1.82, 2.24) is 0 Å². The average Bonchev–Trinajstić information content (AvgIpc) is 2.67. The first-order chi connectivity index (χ1) is 11.9. The van der Waals surface area contributed by atoms with Crippen LogP contribution in [0, 0.1) is 0 Å². The minimum absolute atomic E-state index is 0.474. The van der Waals surface area contributed by atoms with E-state index in [2.05, 4.69) is 39.8 Å². The third-order valence-electron chi connectivity index (χ3n) is 5.15. The van der Waals surface area contributed by atoms with E-state index in [1.165, 1.54) is 0 Å². The zero-order valence-electron chi connectivity index (χ0n) is 16.3. The molecule has 0 saturated carbocycles. The van der Waals surface area contributed by atoms with Crippen LogP contribution in [0.2, 0.25) is 0 Å². The molecule has 0 bridgehead atoms. The average molecular weight is 342 g/mol. The van der Waals surface area contributed by atoms with Crippen molar-refractivity contribution >= 4 is 0 Å². The van der Waals surface area contributed by atoms with Gasteiger partial charge < -0.3 is 14.2 Å². The van der Waals surface area contributed by atoms with Gasteiger partial charge in [0.25, 0.3) is 0 Å². The first-order valence-corrected chi connectivity index (χ1v) is 8.91. The van der Waals surface area contributed by atoms with E-state index in [1.807, 2.05) is 36.4 Å². The van der Waals surface area contributed by atoms with Gasteiger partial charge in [0.15, 0.2) is 0 Å². The summed E-state index contributed by atoms with van der Waals surface area (Å²) in [6.45, 7) is 8.55. The number of methoxy groups -OCH3 is 2. The molecule has 0 amide bonds. The molecule has 2 aromatic carbocycles. The SMILES string of the molecule is CCC(C)(OC(C)(CC)c1ccccc1OC)c1ccccc1OC. The second kappa shape index (κ2) is 7.92. The van der Waals surface area contributed by atoms with Crippen LogP contribution in [-0.4, -0.2) is 14.2 Å². The van der Waals surface area contributed by atoms with E-state index in [0.29, 0.717) is 0 Å². The zero-order valence-corrected chi connectivity index (χ0v) is 16.3. The molecule has 2 atom stereocenters. The van der Waals surface area contributed by atoms with E-state index in [1.54, 1.807) is 14.2 Å². The van der Waals surface area contributed by atoms with Crippen LogP contribution in [0.3, 0.4) is 0 Å². The Labute approximate surface area is 151 Å². The van der Waals surface area contributed by atoms with Crippen molar-refractivity contribution in [2.75, 3.05) is 14.2 Å². The molecule has 3 heteroatoms. The second-order valence-electron chi connectivity index (χ2n) is 6.67. The smallest absolute Gasteiger partial charge is 0.124 e. The summed E-state index contributed by atoms with van der Waals surface area (Å²) in [5.74, 6) is 1.70. The summed E-state index contributed by atoms with van der Waals surface area (Å²) in [5.41, 5.74) is 1.18. The molecule has 0 N–H and O–H groups in total. The Morgan fingerprint density at radius 2 is 1.04 bits per heavy atom. The van der Waals surface area contributed by atoms with Gasteiger partial charge in [-0.1, -0.05) is 50.2 Å². The summed E-state index contributed by atoms with van der Waals surface area (Å²) in [4.78, 5) is 0. The van der Waals surface area contributed by atoms with Crippen molar-refractivity contribution in [3.05, 3.63) is 59.7 Å². The molecule has 0 aliphatic carbocycles. The number of hydrogen-bond donors (Lipinski definition) is 0. The molecular formula is C22H30O3. The van der Waals surface area contributed by atoms with Crippen molar-refractivity contribution in [1.29, 1.82) is 0 Å². The second-order valence-corrected chi connectivity index (χ2v) is 6.67. The lowest BCUT2D eigenvalue weighted by Gasteiger charge is -2.41. The molecule has 136 valence electrons. The highest BCUT2D eigenvalue weighted by atomic mass is 16.5. The first kappa shape index (κ1) is 19.3. The quantitative estimate of drug-likeness (QED) is 0.618. The maximum absolute atomic E-state index is 6.82. The van der Waals surface area contributed by atoms with Crippen molar-refractivity contribution in [3.63, 3.8) is 0 Å². The molecule has 0 fully saturated rings. The minimum atomic E-state index is -0.474. The Morgan fingerprint density at radius 3 is 1.36 bits per heavy atom. The standard InChI is InChI=1S/C22H30O3/c1-7-21(3,17-13-9-11-15-19(17)23-5)25-22(4,8-2)18-14-10-12-16-20(18)24-6/h9-16H,7-8H2,1-6H3. The van der Waals surface area contributed by atoms with E-state index < -0.39 is 11.2 Å². The lowest BCUT2D eigenvalue weighted by molar-refractivity contribution is -0.156. The molecule has 0 saturated heterocycles. The topological polar surface area (TPSA) is 27.7 Å². The Kier molecular flexibility index (Phi) is 6.12. The van der Waals surface area contributed by atoms with Crippen molar-refractivity contribution in [3.8, 4) is 11.5 Å². The number of hydrogen-bond acceptors (Lipinski definition) is 3. The zero-order chi connectivity index (χ0) is 18.5. The summed E-state index contributed by atoms with van der Waals surface area (Å²) in [5, 5.41) is 0. The monoisotopic (exact) mass is 342 g/mol. The highest BCUT2D eigenvalue weighted by molar-refractivity contribution is 5.40. The molecule has 0 radical (unpaired) electrons. The number of benzene rings is 2. The van der Waals surface area contributed by atoms with E-state index in [-0.39, 0.29) is 0 Å². The first-order valence-electron chi connectivity index (χ1n) is 8.91. The number of ether oxygens (including phenoxy) is 3. The van der Waals surface area contributed by atoms with Gasteiger partial charge in [0, 0.05) is 11.1 Å². The predicted molar refractivity (Wildman–Crippen MR) is 102 cm³/mol. The molecule has 25 heavy (non-hydrogen) atoms. The van der Waals surface area contributed by atoms with Crippen molar-refractivity contribution < 1.29 is 14.2 Å². The van der Waals surface area contributed by atoms with Gasteiger partial charge in [-0.15, -0.1) is 0 Å². The van der Waals surface area contributed by atoms with Crippen LogP contribution < -0.4 is 9.47 Å². The van der Waals surface area contributed by atoms with Gasteiger partial charge >= 0.3 is 0 Å². The van der Waals surface area contributed by atoms with Gasteiger partial charge in [-0.05, 0) is 38.8 Å². The molecule has 0 heterocycles. The van der Waals surface area contributed by atoms with Gasteiger partial charge in [0.1, 0.15) is 11.5 Å². The highest BCUT2D eigenvalue weighted by Gasteiger charge is 2.39. The van der Waals surface area contributed by atoms with Crippen LogP contribution in [0.15, 0.2) is 48.5 Å². The third kappa shape index (κ3) is 3.82. The van der Waals surface area contributed by atoms with Gasteiger partial charge in [0.2, 0.25) is 0 Å². The molecular weight excluding hydrogens is 312 g/mol. The van der Waals surface area contributed by atoms with Crippen LogP contribution in [0.25, 0.3) is 0 Å². The Bertz CT molecular complexity index is 638. The van der Waals surface area contributed by atoms with Crippen LogP contribution in [0.4, 0.5) is 0 Å². The number of para-hydroxylation sites is 2. The predicted octanol–water partition coefficient (Wildman–Crippen LogP) is 5.67. The van der Waals surface area contributed by atoms with Crippen molar-refractivity contribution in [2.24, 2.45) is 0 Å². The normalized spacial score (nSPS) is 15.9. The van der Waals surface area contributed by atoms with Gasteiger partial charge in [-0.25, -0.2) is 0 Å². The largest absolute Gasteiger partial charge is 0.496 e. The summed E-state index contributed by atoms with van der Waals surface area (Å²) < 4.78 is 18.0. The Morgan fingerprint density at radius 1 is 0.680 bits per heavy atom. The van der Waals surface area contributed by atoms with Gasteiger partial charge in [-0.2, -0.15) is 0 Å². The fraction of sp³-hybridized carbons (Fsp3) is 0.455. The molecule has 0 aromatic heterocycles. The lowest BCUT2D eigenvalue weighted by atomic mass is 9.87.